The second kappa shape index (κ2) is 8.84. The fourth-order valence-corrected chi connectivity index (χ4v) is 9.55. The smallest absolute Gasteiger partial charge is 0.0543 e. The van der Waals surface area contributed by atoms with Gasteiger partial charge in [-0.25, -0.2) is 0 Å². The van der Waals surface area contributed by atoms with Crippen LogP contribution in [0, 0.1) is 46.3 Å². The van der Waals surface area contributed by atoms with Gasteiger partial charge in [-0.05, 0) is 111 Å². The topological polar surface area (TPSA) is 20.2 Å². The van der Waals surface area contributed by atoms with Crippen molar-refractivity contribution in [1.82, 2.24) is 0 Å². The van der Waals surface area contributed by atoms with Crippen LogP contribution in [-0.2, 0) is 0 Å². The predicted octanol–water partition coefficient (Wildman–Crippen LogP) is 8.00. The molecule has 5 fully saturated rings. The fourth-order valence-electron chi connectivity index (χ4n) is 9.55. The Labute approximate surface area is 181 Å². The van der Waals surface area contributed by atoms with Crippen LogP contribution in [0.1, 0.15) is 124 Å². The number of fused-ring (bicyclic) bond motifs is 5. The van der Waals surface area contributed by atoms with E-state index in [1.165, 1.54) is 70.6 Å². The third-order valence-corrected chi connectivity index (χ3v) is 11.2. The van der Waals surface area contributed by atoms with E-state index in [1.807, 2.05) is 13.8 Å². The number of aliphatic hydroxyl groups is 1. The van der Waals surface area contributed by atoms with E-state index in [4.69, 9.17) is 0 Å². The maximum Gasteiger partial charge on any atom is 0.0543 e. The van der Waals surface area contributed by atoms with Crippen molar-refractivity contribution in [3.05, 3.63) is 0 Å². The monoisotopic (exact) mass is 402 g/mol. The van der Waals surface area contributed by atoms with Crippen molar-refractivity contribution < 1.29 is 5.11 Å². The number of hydrogen-bond acceptors (Lipinski definition) is 1. The van der Waals surface area contributed by atoms with Gasteiger partial charge < -0.3 is 5.11 Å². The third-order valence-electron chi connectivity index (χ3n) is 11.2. The molecule has 0 saturated heterocycles. The zero-order valence-corrected chi connectivity index (χ0v) is 20.1. The standard InChI is InChI=1S/C26H44O.C2H6/c1-25-16-14-24-22(11-9-20-17-21(27)13-15-26(20,24)2)23(25)12-10-19(25)8-7-18-5-3-4-6-18;1-2/h18-24,27H,3-17H2,1-2H3;1-2H3/t19-,20?,21-,22-,23?,24?,25?,26-;/m0./s1. The van der Waals surface area contributed by atoms with Crippen molar-refractivity contribution in [2.24, 2.45) is 46.3 Å². The summed E-state index contributed by atoms with van der Waals surface area (Å²) in [5.74, 6) is 5.92. The average molecular weight is 403 g/mol. The first kappa shape index (κ1) is 22.2. The van der Waals surface area contributed by atoms with Gasteiger partial charge in [-0.3, -0.25) is 0 Å². The molecule has 5 rings (SSSR count). The first-order chi connectivity index (χ1) is 14.0. The van der Waals surface area contributed by atoms with Gasteiger partial charge in [0, 0.05) is 0 Å². The molecule has 5 saturated carbocycles. The Hall–Kier alpha value is -0.0400. The van der Waals surface area contributed by atoms with Crippen LogP contribution >= 0.6 is 0 Å². The molecular weight excluding hydrogens is 352 g/mol. The van der Waals surface area contributed by atoms with Crippen molar-refractivity contribution in [3.8, 4) is 0 Å². The van der Waals surface area contributed by atoms with Crippen LogP contribution in [0.5, 0.6) is 0 Å². The van der Waals surface area contributed by atoms with Crippen LogP contribution in [0.4, 0.5) is 0 Å². The van der Waals surface area contributed by atoms with Gasteiger partial charge in [-0.2, -0.15) is 0 Å². The molecule has 4 unspecified atom stereocenters. The lowest BCUT2D eigenvalue weighted by Gasteiger charge is -2.61. The molecule has 0 aromatic rings. The van der Waals surface area contributed by atoms with Gasteiger partial charge in [0.15, 0.2) is 0 Å². The van der Waals surface area contributed by atoms with Gasteiger partial charge in [-0.15, -0.1) is 0 Å². The molecule has 0 radical (unpaired) electrons. The normalized spacial score (nSPS) is 49.6. The summed E-state index contributed by atoms with van der Waals surface area (Å²) in [4.78, 5) is 0. The second-order valence-corrected chi connectivity index (χ2v) is 12.1. The van der Waals surface area contributed by atoms with Crippen LogP contribution in [0.15, 0.2) is 0 Å². The Morgan fingerprint density at radius 3 is 2.17 bits per heavy atom. The molecule has 0 spiro atoms. The lowest BCUT2D eigenvalue weighted by atomic mass is 9.44. The number of aliphatic hydroxyl groups excluding tert-OH is 1. The Bertz CT molecular complexity index is 536. The summed E-state index contributed by atoms with van der Waals surface area (Å²) in [6.45, 7) is 9.36. The maximum atomic E-state index is 10.2. The second-order valence-electron chi connectivity index (χ2n) is 12.1. The summed E-state index contributed by atoms with van der Waals surface area (Å²) in [7, 11) is 0. The highest BCUT2D eigenvalue weighted by Crippen LogP contribution is 2.68. The van der Waals surface area contributed by atoms with E-state index >= 15 is 0 Å². The molecule has 1 N–H and O–H groups in total. The Morgan fingerprint density at radius 2 is 1.41 bits per heavy atom. The number of rotatable bonds is 3. The minimum Gasteiger partial charge on any atom is -0.393 e. The summed E-state index contributed by atoms with van der Waals surface area (Å²) < 4.78 is 0. The van der Waals surface area contributed by atoms with E-state index in [-0.39, 0.29) is 6.10 Å². The Kier molecular flexibility index (Phi) is 6.75. The summed E-state index contributed by atoms with van der Waals surface area (Å²) >= 11 is 0. The van der Waals surface area contributed by atoms with Gasteiger partial charge in [0.2, 0.25) is 0 Å². The van der Waals surface area contributed by atoms with E-state index in [2.05, 4.69) is 13.8 Å². The van der Waals surface area contributed by atoms with Crippen molar-refractivity contribution >= 4 is 0 Å². The molecule has 1 nitrogen and oxygen atoms in total. The summed E-state index contributed by atoms with van der Waals surface area (Å²) in [6.07, 6.45) is 21.6. The lowest BCUT2D eigenvalue weighted by Crippen LogP contribution is -2.53. The van der Waals surface area contributed by atoms with Gasteiger partial charge in [0.1, 0.15) is 0 Å². The van der Waals surface area contributed by atoms with Gasteiger partial charge >= 0.3 is 0 Å². The first-order valence-electron chi connectivity index (χ1n) is 13.7. The Balaban J connectivity index is 0.000000994. The van der Waals surface area contributed by atoms with Crippen molar-refractivity contribution in [3.63, 3.8) is 0 Å². The van der Waals surface area contributed by atoms with Gasteiger partial charge in [0.25, 0.3) is 0 Å². The molecule has 168 valence electrons. The molecular formula is C28H50O. The van der Waals surface area contributed by atoms with Gasteiger partial charge in [0.05, 0.1) is 6.10 Å². The van der Waals surface area contributed by atoms with Gasteiger partial charge in [-0.1, -0.05) is 59.8 Å². The molecule has 0 aliphatic heterocycles. The van der Waals surface area contributed by atoms with E-state index in [0.29, 0.717) is 10.8 Å². The molecule has 29 heavy (non-hydrogen) atoms. The third kappa shape index (κ3) is 3.85. The van der Waals surface area contributed by atoms with Crippen molar-refractivity contribution in [1.29, 1.82) is 0 Å². The summed E-state index contributed by atoms with van der Waals surface area (Å²) in [5, 5.41) is 10.2. The highest BCUT2D eigenvalue weighted by molar-refractivity contribution is 5.09. The minimum absolute atomic E-state index is 0.0000651. The highest BCUT2D eigenvalue weighted by Gasteiger charge is 2.59. The van der Waals surface area contributed by atoms with Crippen LogP contribution < -0.4 is 0 Å². The molecule has 0 bridgehead atoms. The van der Waals surface area contributed by atoms with E-state index in [1.54, 1.807) is 12.8 Å². The Morgan fingerprint density at radius 1 is 0.724 bits per heavy atom. The highest BCUT2D eigenvalue weighted by atomic mass is 16.3. The van der Waals surface area contributed by atoms with Crippen LogP contribution in [-0.4, -0.2) is 11.2 Å². The van der Waals surface area contributed by atoms with Crippen molar-refractivity contribution in [2.75, 3.05) is 0 Å². The average Bonchev–Trinajstić information content (AvgIpc) is 3.36. The molecule has 0 heterocycles. The molecule has 0 amide bonds. The molecule has 8 atom stereocenters. The number of hydrogen-bond donors (Lipinski definition) is 1. The molecule has 5 aliphatic carbocycles. The molecule has 1 heteroatoms. The zero-order valence-electron chi connectivity index (χ0n) is 20.1. The zero-order chi connectivity index (χ0) is 20.6. The molecule has 0 aromatic carbocycles. The molecule has 0 aromatic heterocycles. The fraction of sp³-hybridized carbons (Fsp3) is 1.00. The van der Waals surface area contributed by atoms with E-state index in [0.717, 1.165) is 48.3 Å². The molecule has 5 aliphatic rings. The van der Waals surface area contributed by atoms with E-state index < -0.39 is 0 Å². The largest absolute Gasteiger partial charge is 0.393 e. The van der Waals surface area contributed by atoms with E-state index in [9.17, 15) is 5.11 Å². The van der Waals surface area contributed by atoms with Crippen molar-refractivity contribution in [2.45, 2.75) is 130 Å². The first-order valence-corrected chi connectivity index (χ1v) is 13.7. The summed E-state index contributed by atoms with van der Waals surface area (Å²) in [6, 6.07) is 0. The quantitative estimate of drug-likeness (QED) is 0.507. The van der Waals surface area contributed by atoms with Crippen LogP contribution in [0.3, 0.4) is 0 Å². The van der Waals surface area contributed by atoms with Crippen LogP contribution in [0.2, 0.25) is 0 Å². The minimum atomic E-state index is -0.0000651. The summed E-state index contributed by atoms with van der Waals surface area (Å²) in [5.41, 5.74) is 1.21. The SMILES string of the molecule is CC.CC12CCC3[C@@H](CCC4C[C@@H](O)CC[C@@]43C)C1CC[C@@H]2CCC1CCCC1. The predicted molar refractivity (Wildman–Crippen MR) is 124 cm³/mol. The lowest BCUT2D eigenvalue weighted by molar-refractivity contribution is -0.127. The maximum absolute atomic E-state index is 10.2. The van der Waals surface area contributed by atoms with Crippen LogP contribution in [0.25, 0.3) is 0 Å².